The predicted molar refractivity (Wildman–Crippen MR) is 83.4 cm³/mol. The van der Waals surface area contributed by atoms with Crippen LogP contribution in [0.4, 0.5) is 5.82 Å². The highest BCUT2D eigenvalue weighted by molar-refractivity contribution is 6.09. The van der Waals surface area contributed by atoms with Gasteiger partial charge in [0.25, 0.3) is 5.91 Å². The number of aromatic carboxylic acids is 1. The molecule has 0 spiro atoms. The molecule has 3 aromatic rings. The highest BCUT2D eigenvalue weighted by Gasteiger charge is 2.18. The van der Waals surface area contributed by atoms with Crippen LogP contribution in [0.3, 0.4) is 0 Å². The molecule has 0 saturated carbocycles. The van der Waals surface area contributed by atoms with E-state index in [1.165, 1.54) is 18.3 Å². The Labute approximate surface area is 131 Å². The number of carbonyl (C=O) groups is 2. The Hall–Kier alpha value is -3.35. The predicted octanol–water partition coefficient (Wildman–Crippen LogP) is 2.28. The summed E-state index contributed by atoms with van der Waals surface area (Å²) >= 11 is 0. The van der Waals surface area contributed by atoms with Gasteiger partial charge in [-0.3, -0.25) is 4.79 Å². The van der Waals surface area contributed by atoms with Crippen molar-refractivity contribution in [3.05, 3.63) is 59.5 Å². The van der Waals surface area contributed by atoms with E-state index in [2.05, 4.69) is 20.3 Å². The average molecular weight is 308 g/mol. The van der Waals surface area contributed by atoms with Gasteiger partial charge in [0.15, 0.2) is 11.3 Å². The molecule has 3 rings (SSSR count). The second-order valence-electron chi connectivity index (χ2n) is 4.85. The van der Waals surface area contributed by atoms with Crippen LogP contribution in [0.2, 0.25) is 0 Å². The lowest BCUT2D eigenvalue weighted by molar-refractivity contribution is 0.0686. The van der Waals surface area contributed by atoms with E-state index in [0.717, 1.165) is 11.1 Å². The van der Waals surface area contributed by atoms with E-state index in [1.54, 1.807) is 12.1 Å². The Balaban J connectivity index is 1.93. The number of aryl methyl sites for hydroxylation is 1. The fourth-order valence-electron chi connectivity index (χ4n) is 2.11. The molecule has 114 valence electrons. The first kappa shape index (κ1) is 14.6. The van der Waals surface area contributed by atoms with Crippen LogP contribution in [0.25, 0.3) is 11.0 Å². The van der Waals surface area contributed by atoms with Gasteiger partial charge in [-0.1, -0.05) is 0 Å². The maximum Gasteiger partial charge on any atom is 0.355 e. The Bertz CT molecular complexity index is 924. The number of nitrogens with zero attached hydrogens (tertiary/aromatic N) is 3. The van der Waals surface area contributed by atoms with Crippen molar-refractivity contribution in [2.75, 3.05) is 5.32 Å². The Morgan fingerprint density at radius 1 is 1.09 bits per heavy atom. The monoisotopic (exact) mass is 308 g/mol. The van der Waals surface area contributed by atoms with E-state index in [0.29, 0.717) is 11.5 Å². The second-order valence-corrected chi connectivity index (χ2v) is 4.85. The Morgan fingerprint density at radius 3 is 2.65 bits per heavy atom. The molecule has 2 N–H and O–H groups in total. The molecule has 0 aliphatic rings. The number of hydrogen-bond donors (Lipinski definition) is 2. The summed E-state index contributed by atoms with van der Waals surface area (Å²) in [6, 6.07) is 10.1. The van der Waals surface area contributed by atoms with Gasteiger partial charge in [0, 0.05) is 17.3 Å². The summed E-state index contributed by atoms with van der Waals surface area (Å²) in [7, 11) is 0. The average Bonchev–Trinajstić information content (AvgIpc) is 2.54. The van der Waals surface area contributed by atoms with Crippen LogP contribution < -0.4 is 5.32 Å². The molecule has 23 heavy (non-hydrogen) atoms. The zero-order chi connectivity index (χ0) is 16.4. The van der Waals surface area contributed by atoms with Crippen LogP contribution >= 0.6 is 0 Å². The minimum absolute atomic E-state index is 0.0286. The summed E-state index contributed by atoms with van der Waals surface area (Å²) in [6.45, 7) is 1.85. The van der Waals surface area contributed by atoms with Gasteiger partial charge in [0.1, 0.15) is 5.82 Å². The van der Waals surface area contributed by atoms with E-state index in [1.807, 2.05) is 19.1 Å². The first-order valence-corrected chi connectivity index (χ1v) is 6.78. The fourth-order valence-corrected chi connectivity index (χ4v) is 2.11. The molecule has 7 nitrogen and oxygen atoms in total. The number of rotatable bonds is 3. The number of carboxylic acids is 1. The van der Waals surface area contributed by atoms with Crippen LogP contribution in [0.5, 0.6) is 0 Å². The minimum atomic E-state index is -1.26. The number of pyridine rings is 3. The maximum absolute atomic E-state index is 12.3. The number of nitrogens with one attached hydrogen (secondary N) is 1. The number of aromatic nitrogens is 3. The SMILES string of the molecule is Cc1ccc2ccc(NC(=O)c3cccnc3C(=O)O)nc2n1. The van der Waals surface area contributed by atoms with Crippen molar-refractivity contribution < 1.29 is 14.7 Å². The number of fused-ring (bicyclic) bond motifs is 1. The molecule has 0 bridgehead atoms. The molecule has 3 heterocycles. The van der Waals surface area contributed by atoms with Gasteiger partial charge < -0.3 is 10.4 Å². The molecule has 0 aromatic carbocycles. The molecule has 0 atom stereocenters. The molecule has 0 saturated heterocycles. The van der Waals surface area contributed by atoms with Crippen LogP contribution in [-0.4, -0.2) is 31.9 Å². The molecule has 0 aliphatic carbocycles. The van der Waals surface area contributed by atoms with Crippen molar-refractivity contribution in [3.8, 4) is 0 Å². The fraction of sp³-hybridized carbons (Fsp3) is 0.0625. The number of carbonyl (C=O) groups excluding carboxylic acids is 1. The van der Waals surface area contributed by atoms with Crippen molar-refractivity contribution >= 4 is 28.7 Å². The number of amides is 1. The molecule has 0 radical (unpaired) electrons. The van der Waals surface area contributed by atoms with Gasteiger partial charge in [-0.05, 0) is 43.3 Å². The van der Waals surface area contributed by atoms with Gasteiger partial charge in [-0.2, -0.15) is 0 Å². The van der Waals surface area contributed by atoms with Crippen molar-refractivity contribution in [2.24, 2.45) is 0 Å². The molecule has 3 aromatic heterocycles. The first-order valence-electron chi connectivity index (χ1n) is 6.78. The molecule has 0 fully saturated rings. The second kappa shape index (κ2) is 5.80. The molecular formula is C16H12N4O3. The van der Waals surface area contributed by atoms with E-state index >= 15 is 0 Å². The smallest absolute Gasteiger partial charge is 0.355 e. The van der Waals surface area contributed by atoms with Crippen LogP contribution in [-0.2, 0) is 0 Å². The minimum Gasteiger partial charge on any atom is -0.476 e. The standard InChI is InChI=1S/C16H12N4O3/c1-9-4-5-10-6-7-12(19-14(10)18-9)20-15(21)11-3-2-8-17-13(11)16(22)23/h2-8H,1H3,(H,22,23)(H,18,19,20,21). The van der Waals surface area contributed by atoms with E-state index in [-0.39, 0.29) is 11.3 Å². The lowest BCUT2D eigenvalue weighted by atomic mass is 10.2. The van der Waals surface area contributed by atoms with Gasteiger partial charge in [-0.15, -0.1) is 0 Å². The van der Waals surface area contributed by atoms with Gasteiger partial charge in [0.05, 0.1) is 5.56 Å². The van der Waals surface area contributed by atoms with Crippen molar-refractivity contribution in [1.29, 1.82) is 0 Å². The summed E-state index contributed by atoms with van der Waals surface area (Å²) in [4.78, 5) is 35.7. The van der Waals surface area contributed by atoms with Crippen LogP contribution in [0.15, 0.2) is 42.6 Å². The van der Waals surface area contributed by atoms with E-state index < -0.39 is 11.9 Å². The van der Waals surface area contributed by atoms with Crippen LogP contribution in [0, 0.1) is 6.92 Å². The number of hydrogen-bond acceptors (Lipinski definition) is 5. The quantitative estimate of drug-likeness (QED) is 0.769. The van der Waals surface area contributed by atoms with Crippen molar-refractivity contribution in [1.82, 2.24) is 15.0 Å². The first-order chi connectivity index (χ1) is 11.0. The van der Waals surface area contributed by atoms with Crippen molar-refractivity contribution in [2.45, 2.75) is 6.92 Å². The summed E-state index contributed by atoms with van der Waals surface area (Å²) in [5.74, 6) is -1.56. The third kappa shape index (κ3) is 2.98. The Morgan fingerprint density at radius 2 is 1.87 bits per heavy atom. The highest BCUT2D eigenvalue weighted by atomic mass is 16.4. The zero-order valence-corrected chi connectivity index (χ0v) is 12.1. The van der Waals surface area contributed by atoms with E-state index in [9.17, 15) is 9.59 Å². The zero-order valence-electron chi connectivity index (χ0n) is 12.1. The number of carboxylic acid groups (broad SMARTS) is 1. The van der Waals surface area contributed by atoms with Gasteiger partial charge in [0.2, 0.25) is 0 Å². The largest absolute Gasteiger partial charge is 0.476 e. The molecule has 0 unspecified atom stereocenters. The topological polar surface area (TPSA) is 105 Å². The highest BCUT2D eigenvalue weighted by Crippen LogP contribution is 2.15. The molecule has 1 amide bonds. The van der Waals surface area contributed by atoms with Gasteiger partial charge >= 0.3 is 5.97 Å². The van der Waals surface area contributed by atoms with Crippen molar-refractivity contribution in [3.63, 3.8) is 0 Å². The molecule has 7 heteroatoms. The summed E-state index contributed by atoms with van der Waals surface area (Å²) in [5, 5.41) is 12.5. The van der Waals surface area contributed by atoms with Crippen LogP contribution in [0.1, 0.15) is 26.5 Å². The molecule has 0 aliphatic heterocycles. The van der Waals surface area contributed by atoms with E-state index in [4.69, 9.17) is 5.11 Å². The maximum atomic E-state index is 12.3. The molecular weight excluding hydrogens is 296 g/mol. The third-order valence-corrected chi connectivity index (χ3v) is 3.19. The summed E-state index contributed by atoms with van der Waals surface area (Å²) < 4.78 is 0. The third-order valence-electron chi connectivity index (χ3n) is 3.19. The summed E-state index contributed by atoms with van der Waals surface area (Å²) in [6.07, 6.45) is 1.32. The Kier molecular flexibility index (Phi) is 3.68. The lowest BCUT2D eigenvalue weighted by Gasteiger charge is -2.07. The number of anilines is 1. The normalized spacial score (nSPS) is 10.5. The lowest BCUT2D eigenvalue weighted by Crippen LogP contribution is -2.18. The summed E-state index contributed by atoms with van der Waals surface area (Å²) in [5.41, 5.74) is 0.986. The van der Waals surface area contributed by atoms with Gasteiger partial charge in [-0.25, -0.2) is 19.7 Å².